The second kappa shape index (κ2) is 6.84. The molecule has 0 aromatic carbocycles. The van der Waals surface area contributed by atoms with E-state index in [1.54, 1.807) is 22.6 Å². The molecule has 6 heavy (non-hydrogen) atoms. The molecule has 0 spiro atoms. The van der Waals surface area contributed by atoms with Crippen LogP contribution in [-0.2, 0) is 4.79 Å². The smallest absolute Gasteiger partial charge is 0.549 e. The van der Waals surface area contributed by atoms with Crippen molar-refractivity contribution in [3.05, 3.63) is 0 Å². The van der Waals surface area contributed by atoms with Gasteiger partial charge in [0.1, 0.15) is 0 Å². The Morgan fingerprint density at radius 3 is 2.00 bits per heavy atom. The van der Waals surface area contributed by atoms with Crippen molar-refractivity contribution in [2.45, 2.75) is 0 Å². The van der Waals surface area contributed by atoms with Crippen LogP contribution in [0.4, 0.5) is 0 Å². The van der Waals surface area contributed by atoms with Gasteiger partial charge in [-0.15, -0.1) is 0 Å². The van der Waals surface area contributed by atoms with Crippen molar-refractivity contribution in [1.82, 2.24) is 0 Å². The molecule has 0 aromatic heterocycles. The van der Waals surface area contributed by atoms with Gasteiger partial charge in [-0.25, -0.2) is 0 Å². The summed E-state index contributed by atoms with van der Waals surface area (Å²) in [7, 11) is 0. The predicted molar refractivity (Wildman–Crippen MR) is 23.9 cm³/mol. The summed E-state index contributed by atoms with van der Waals surface area (Å²) in [4.78, 5) is 9.25. The summed E-state index contributed by atoms with van der Waals surface area (Å²) in [5.74, 6) is -1.01. The van der Waals surface area contributed by atoms with Crippen molar-refractivity contribution in [3.8, 4) is 0 Å². The van der Waals surface area contributed by atoms with Crippen LogP contribution >= 0.6 is 22.6 Å². The van der Waals surface area contributed by atoms with E-state index in [9.17, 15) is 9.90 Å². The van der Waals surface area contributed by atoms with E-state index in [-0.39, 0.29) is 55.8 Å². The molecular formula is C2H2IKO2. The van der Waals surface area contributed by atoms with Crippen molar-refractivity contribution >= 4 is 28.6 Å². The largest absolute Gasteiger partial charge is 1.00 e. The molecule has 2 nitrogen and oxygen atoms in total. The monoisotopic (exact) mass is 224 g/mol. The fraction of sp³-hybridized carbons (Fsp3) is 0.500. The number of aliphatic carboxylic acids is 1. The van der Waals surface area contributed by atoms with Gasteiger partial charge in [0.15, 0.2) is 0 Å². The second-order valence-corrected chi connectivity index (χ2v) is 1.27. The molecule has 0 heterocycles. The molecule has 0 fully saturated rings. The third-order valence-corrected chi connectivity index (χ3v) is 0.732. The average Bonchev–Trinajstić information content (AvgIpc) is 1.38. The minimum Gasteiger partial charge on any atom is -0.549 e. The summed E-state index contributed by atoms with van der Waals surface area (Å²) in [6.07, 6.45) is 0. The molecule has 0 N–H and O–H groups in total. The third-order valence-electron chi connectivity index (χ3n) is 0.109. The van der Waals surface area contributed by atoms with Crippen LogP contribution in [0.15, 0.2) is 0 Å². The van der Waals surface area contributed by atoms with Crippen molar-refractivity contribution in [3.63, 3.8) is 0 Å². The Balaban J connectivity index is 0. The zero-order valence-corrected chi connectivity index (χ0v) is 8.68. The summed E-state index contributed by atoms with van der Waals surface area (Å²) in [5.41, 5.74) is 0. The predicted octanol–water partition coefficient (Wildman–Crippen LogP) is -3.82. The summed E-state index contributed by atoms with van der Waals surface area (Å²) >= 11 is 1.72. The van der Waals surface area contributed by atoms with E-state index < -0.39 is 5.97 Å². The van der Waals surface area contributed by atoms with E-state index in [2.05, 4.69) is 0 Å². The molecule has 0 saturated carbocycles. The van der Waals surface area contributed by atoms with Gasteiger partial charge >= 0.3 is 51.4 Å². The van der Waals surface area contributed by atoms with Crippen LogP contribution in [0.3, 0.4) is 0 Å². The molecule has 0 rings (SSSR count). The van der Waals surface area contributed by atoms with E-state index in [1.807, 2.05) is 0 Å². The van der Waals surface area contributed by atoms with Gasteiger partial charge in [-0.2, -0.15) is 0 Å². The van der Waals surface area contributed by atoms with E-state index >= 15 is 0 Å². The number of hydrogen-bond donors (Lipinski definition) is 0. The van der Waals surface area contributed by atoms with Crippen LogP contribution in [-0.4, -0.2) is 10.4 Å². The van der Waals surface area contributed by atoms with Crippen molar-refractivity contribution in [2.24, 2.45) is 0 Å². The number of carbonyl (C=O) groups excluding carboxylic acids is 1. The molecule has 0 aliphatic rings. The maximum absolute atomic E-state index is 9.25. The summed E-state index contributed by atoms with van der Waals surface area (Å²) < 4.78 is 0.0811. The Morgan fingerprint density at radius 1 is 1.83 bits per heavy atom. The van der Waals surface area contributed by atoms with Crippen molar-refractivity contribution < 1.29 is 61.3 Å². The first-order chi connectivity index (χ1) is 2.27. The number of carboxylic acids is 1. The Kier molecular flexibility index (Phi) is 12.3. The van der Waals surface area contributed by atoms with Gasteiger partial charge in [0, 0.05) is 4.43 Å². The Bertz CT molecular complexity index is 46.8. The van der Waals surface area contributed by atoms with Gasteiger partial charge in [-0.05, 0) is 0 Å². The van der Waals surface area contributed by atoms with Crippen LogP contribution in [0, 0.1) is 0 Å². The zero-order chi connectivity index (χ0) is 4.28. The summed E-state index contributed by atoms with van der Waals surface area (Å²) in [6.45, 7) is 0. The molecule has 0 atom stereocenters. The van der Waals surface area contributed by atoms with Crippen molar-refractivity contribution in [1.29, 1.82) is 0 Å². The maximum atomic E-state index is 9.25. The molecular weight excluding hydrogens is 222 g/mol. The van der Waals surface area contributed by atoms with Crippen molar-refractivity contribution in [2.75, 3.05) is 4.43 Å². The van der Waals surface area contributed by atoms with Gasteiger partial charge in [-0.1, -0.05) is 22.6 Å². The van der Waals surface area contributed by atoms with Crippen LogP contribution in [0.25, 0.3) is 0 Å². The van der Waals surface area contributed by atoms with E-state index in [4.69, 9.17) is 0 Å². The van der Waals surface area contributed by atoms with E-state index in [0.717, 1.165) is 0 Å². The fourth-order valence-corrected chi connectivity index (χ4v) is 0. The Labute approximate surface area is 92.2 Å². The first-order valence-electron chi connectivity index (χ1n) is 1.03. The Hall–Kier alpha value is 1.84. The molecule has 0 saturated heterocycles. The summed E-state index contributed by atoms with van der Waals surface area (Å²) in [6, 6.07) is 0. The van der Waals surface area contributed by atoms with Crippen LogP contribution in [0.5, 0.6) is 0 Å². The topological polar surface area (TPSA) is 40.1 Å². The maximum Gasteiger partial charge on any atom is 1.00 e. The fourth-order valence-electron chi connectivity index (χ4n) is 0. The molecule has 0 unspecified atom stereocenters. The molecule has 0 amide bonds. The Morgan fingerprint density at radius 2 is 2.00 bits per heavy atom. The molecule has 0 aliphatic carbocycles. The van der Waals surface area contributed by atoms with E-state index in [0.29, 0.717) is 0 Å². The van der Waals surface area contributed by atoms with Gasteiger partial charge < -0.3 is 9.90 Å². The van der Waals surface area contributed by atoms with Crippen LogP contribution < -0.4 is 56.5 Å². The number of alkyl halides is 1. The molecule has 0 aromatic rings. The normalized spacial score (nSPS) is 6.17. The number of carboxylic acid groups (broad SMARTS) is 1. The molecule has 0 radical (unpaired) electrons. The molecule has 0 bridgehead atoms. The van der Waals surface area contributed by atoms with Gasteiger partial charge in [0.05, 0.1) is 5.97 Å². The van der Waals surface area contributed by atoms with E-state index in [1.165, 1.54) is 0 Å². The molecule has 4 heteroatoms. The first kappa shape index (κ1) is 10.8. The molecule has 0 aliphatic heterocycles. The number of halogens is 1. The zero-order valence-electron chi connectivity index (χ0n) is 3.40. The SMILES string of the molecule is O=C([O-])CI.[K+]. The van der Waals surface area contributed by atoms with Crippen LogP contribution in [0.2, 0.25) is 0 Å². The number of rotatable bonds is 1. The van der Waals surface area contributed by atoms with Crippen LogP contribution in [0.1, 0.15) is 0 Å². The minimum atomic E-state index is -1.01. The van der Waals surface area contributed by atoms with Gasteiger partial charge in [0.2, 0.25) is 0 Å². The molecule has 30 valence electrons. The number of carbonyl (C=O) groups is 1. The average molecular weight is 224 g/mol. The minimum absolute atomic E-state index is 0. The quantitative estimate of drug-likeness (QED) is 0.260. The second-order valence-electron chi connectivity index (χ2n) is 0.506. The summed E-state index contributed by atoms with van der Waals surface area (Å²) in [5, 5.41) is 9.25. The number of hydrogen-bond acceptors (Lipinski definition) is 2. The standard InChI is InChI=1S/C2H3IO2.K/c3-1-2(4)5;/h1H2,(H,4,5);/q;+1/p-1. The third kappa shape index (κ3) is 9.28. The first-order valence-corrected chi connectivity index (χ1v) is 2.55. The van der Waals surface area contributed by atoms with Gasteiger partial charge in [-0.3, -0.25) is 0 Å². The van der Waals surface area contributed by atoms with Gasteiger partial charge in [0.25, 0.3) is 0 Å².